The smallest absolute Gasteiger partial charge is 0.295 e. The number of ketones is 1. The van der Waals surface area contributed by atoms with Crippen molar-refractivity contribution in [2.45, 2.75) is 52.0 Å². The van der Waals surface area contributed by atoms with Crippen LogP contribution in [0.2, 0.25) is 0 Å². The third-order valence-corrected chi connectivity index (χ3v) is 7.90. The number of hydrogen-bond acceptors (Lipinski definition) is 7. The van der Waals surface area contributed by atoms with Gasteiger partial charge in [0, 0.05) is 37.5 Å². The van der Waals surface area contributed by atoms with Gasteiger partial charge >= 0.3 is 0 Å². The van der Waals surface area contributed by atoms with Gasteiger partial charge in [-0.3, -0.25) is 9.59 Å². The summed E-state index contributed by atoms with van der Waals surface area (Å²) in [6, 6.07) is 19.8. The van der Waals surface area contributed by atoms with E-state index in [1.165, 1.54) is 0 Å². The molecule has 226 valence electrons. The quantitative estimate of drug-likeness (QED) is 0.135. The minimum atomic E-state index is -0.816. The molecule has 1 amide bonds. The zero-order valence-corrected chi connectivity index (χ0v) is 24.8. The van der Waals surface area contributed by atoms with Crippen molar-refractivity contribution in [3.63, 3.8) is 0 Å². The monoisotopic (exact) mass is 593 g/mol. The van der Waals surface area contributed by atoms with Gasteiger partial charge in [-0.15, -0.1) is 0 Å². The SMILES string of the molecule is CCOc1cc(C2C(=C(O)c3ccc4c(c3)CC(C)O4)C(=O)C(=O)N2CCCn2ccnc2)ccc1OCc1ccccc1. The fourth-order valence-electron chi connectivity index (χ4n) is 5.84. The third-order valence-electron chi connectivity index (χ3n) is 7.90. The van der Waals surface area contributed by atoms with Gasteiger partial charge in [0.25, 0.3) is 11.7 Å². The Morgan fingerprint density at radius 1 is 1.02 bits per heavy atom. The van der Waals surface area contributed by atoms with Crippen LogP contribution in [-0.2, 0) is 29.2 Å². The molecule has 0 aliphatic carbocycles. The maximum atomic E-state index is 13.6. The van der Waals surface area contributed by atoms with Gasteiger partial charge in [0.15, 0.2) is 11.5 Å². The van der Waals surface area contributed by atoms with Gasteiger partial charge in [0.1, 0.15) is 24.2 Å². The molecule has 0 spiro atoms. The molecule has 3 heterocycles. The average molecular weight is 594 g/mol. The van der Waals surface area contributed by atoms with Crippen molar-refractivity contribution < 1.29 is 28.9 Å². The zero-order chi connectivity index (χ0) is 30.6. The van der Waals surface area contributed by atoms with Crippen LogP contribution < -0.4 is 14.2 Å². The molecule has 0 saturated carbocycles. The minimum Gasteiger partial charge on any atom is -0.507 e. The summed E-state index contributed by atoms with van der Waals surface area (Å²) in [5, 5.41) is 11.6. The summed E-state index contributed by atoms with van der Waals surface area (Å²) in [4.78, 5) is 32.8. The average Bonchev–Trinajstić information content (AvgIpc) is 3.75. The molecule has 0 radical (unpaired) electrons. The second-order valence-electron chi connectivity index (χ2n) is 11.0. The zero-order valence-electron chi connectivity index (χ0n) is 24.8. The molecule has 2 aliphatic heterocycles. The van der Waals surface area contributed by atoms with Crippen molar-refractivity contribution in [3.05, 3.63) is 113 Å². The molecule has 9 heteroatoms. The number of likely N-dealkylation sites (tertiary alicyclic amines) is 1. The van der Waals surface area contributed by atoms with Gasteiger partial charge in [-0.1, -0.05) is 36.4 Å². The normalized spacial score (nSPS) is 18.7. The Bertz CT molecular complexity index is 1680. The minimum absolute atomic E-state index is 0.0306. The molecule has 1 saturated heterocycles. The number of rotatable bonds is 11. The molecule has 44 heavy (non-hydrogen) atoms. The van der Waals surface area contributed by atoms with Crippen LogP contribution >= 0.6 is 0 Å². The van der Waals surface area contributed by atoms with E-state index in [4.69, 9.17) is 14.2 Å². The number of aliphatic hydroxyl groups is 1. The van der Waals surface area contributed by atoms with E-state index in [1.54, 1.807) is 41.7 Å². The molecule has 2 aliphatic rings. The van der Waals surface area contributed by atoms with Crippen LogP contribution in [0.5, 0.6) is 17.2 Å². The number of aryl methyl sites for hydroxylation is 1. The van der Waals surface area contributed by atoms with Crippen molar-refractivity contribution in [2.24, 2.45) is 0 Å². The van der Waals surface area contributed by atoms with Gasteiger partial charge in [0.05, 0.1) is 24.5 Å². The standard InChI is InChI=1S/C35H35N3O6/c1-3-42-30-20-25(10-13-29(30)43-21-24-8-5-4-6-9-24)32-31(33(39)26-11-12-28-27(19-26)18-23(2)44-28)34(40)35(41)38(32)16-7-15-37-17-14-36-22-37/h4-6,8-14,17,19-20,22-23,32,39H,3,7,15-16,18,21H2,1-2H3. The highest BCUT2D eigenvalue weighted by Gasteiger charge is 2.46. The lowest BCUT2D eigenvalue weighted by Gasteiger charge is -2.26. The van der Waals surface area contributed by atoms with Crippen molar-refractivity contribution in [1.82, 2.24) is 14.5 Å². The van der Waals surface area contributed by atoms with E-state index in [1.807, 2.05) is 67.1 Å². The molecule has 9 nitrogen and oxygen atoms in total. The number of aromatic nitrogens is 2. The van der Waals surface area contributed by atoms with E-state index < -0.39 is 17.7 Å². The van der Waals surface area contributed by atoms with E-state index in [0.29, 0.717) is 61.8 Å². The van der Waals surface area contributed by atoms with Crippen molar-refractivity contribution in [1.29, 1.82) is 0 Å². The van der Waals surface area contributed by atoms with Crippen LogP contribution in [0.25, 0.3) is 5.76 Å². The third kappa shape index (κ3) is 5.90. The van der Waals surface area contributed by atoms with Gasteiger partial charge in [-0.2, -0.15) is 0 Å². The van der Waals surface area contributed by atoms with Gasteiger partial charge in [0.2, 0.25) is 0 Å². The van der Waals surface area contributed by atoms with Crippen LogP contribution in [0.4, 0.5) is 0 Å². The van der Waals surface area contributed by atoms with E-state index in [0.717, 1.165) is 16.9 Å². The number of fused-ring (bicyclic) bond motifs is 1. The molecule has 1 N–H and O–H groups in total. The Morgan fingerprint density at radius 3 is 2.64 bits per heavy atom. The Hall–Kier alpha value is -5.05. The summed E-state index contributed by atoms with van der Waals surface area (Å²) in [6.45, 7) is 5.54. The highest BCUT2D eigenvalue weighted by Crippen LogP contribution is 2.43. The lowest BCUT2D eigenvalue weighted by Crippen LogP contribution is -2.31. The number of aliphatic hydroxyl groups excluding tert-OH is 1. The van der Waals surface area contributed by atoms with Crippen LogP contribution in [0, 0.1) is 0 Å². The first-order valence-corrected chi connectivity index (χ1v) is 14.9. The van der Waals surface area contributed by atoms with E-state index in [-0.39, 0.29) is 17.4 Å². The van der Waals surface area contributed by atoms with Gasteiger partial charge in [-0.05, 0) is 67.3 Å². The summed E-state index contributed by atoms with van der Waals surface area (Å²) < 4.78 is 19.8. The van der Waals surface area contributed by atoms with E-state index in [2.05, 4.69) is 4.98 Å². The molecule has 1 aromatic heterocycles. The maximum absolute atomic E-state index is 13.6. The number of ether oxygens (including phenoxy) is 3. The van der Waals surface area contributed by atoms with E-state index in [9.17, 15) is 14.7 Å². The number of nitrogens with zero attached hydrogens (tertiary/aromatic N) is 3. The van der Waals surface area contributed by atoms with Crippen LogP contribution in [0.15, 0.2) is 91.0 Å². The lowest BCUT2D eigenvalue weighted by molar-refractivity contribution is -0.139. The molecular weight excluding hydrogens is 558 g/mol. The number of amides is 1. The number of benzene rings is 3. The molecule has 4 aromatic rings. The Labute approximate surface area is 256 Å². The van der Waals surface area contributed by atoms with Crippen LogP contribution in [0.3, 0.4) is 0 Å². The lowest BCUT2D eigenvalue weighted by atomic mass is 9.94. The van der Waals surface area contributed by atoms with Gasteiger partial charge in [-0.25, -0.2) is 4.98 Å². The number of hydrogen-bond donors (Lipinski definition) is 1. The van der Waals surface area contributed by atoms with Crippen molar-refractivity contribution in [3.8, 4) is 17.2 Å². The summed E-state index contributed by atoms with van der Waals surface area (Å²) in [5.41, 5.74) is 3.12. The molecule has 3 aromatic carbocycles. The highest BCUT2D eigenvalue weighted by atomic mass is 16.5. The fraction of sp³-hybridized carbons (Fsp3) is 0.286. The predicted molar refractivity (Wildman–Crippen MR) is 164 cm³/mol. The Balaban J connectivity index is 1.37. The second kappa shape index (κ2) is 12.7. The summed E-state index contributed by atoms with van der Waals surface area (Å²) >= 11 is 0. The van der Waals surface area contributed by atoms with Crippen LogP contribution in [0.1, 0.15) is 48.6 Å². The predicted octanol–water partition coefficient (Wildman–Crippen LogP) is 5.70. The number of carbonyl (C=O) groups is 2. The summed E-state index contributed by atoms with van der Waals surface area (Å²) in [7, 11) is 0. The first kappa shape index (κ1) is 29.0. The Morgan fingerprint density at radius 2 is 1.86 bits per heavy atom. The molecule has 2 atom stereocenters. The molecule has 0 bridgehead atoms. The largest absolute Gasteiger partial charge is 0.507 e. The molecule has 2 unspecified atom stereocenters. The number of Topliss-reactive ketones (excluding diaryl/α,β-unsaturated/α-hetero) is 1. The topological polar surface area (TPSA) is 103 Å². The van der Waals surface area contributed by atoms with E-state index >= 15 is 0 Å². The maximum Gasteiger partial charge on any atom is 0.295 e. The number of imidazole rings is 1. The second-order valence-corrected chi connectivity index (χ2v) is 11.0. The molecular formula is C35H35N3O6. The summed E-state index contributed by atoms with van der Waals surface area (Å²) in [5.74, 6) is 0.219. The molecule has 1 fully saturated rings. The van der Waals surface area contributed by atoms with Gasteiger partial charge < -0.3 is 28.8 Å². The van der Waals surface area contributed by atoms with Crippen LogP contribution in [-0.4, -0.2) is 50.5 Å². The van der Waals surface area contributed by atoms with Crippen molar-refractivity contribution >= 4 is 17.4 Å². The molecule has 6 rings (SSSR count). The number of carbonyl (C=O) groups excluding carboxylic acids is 2. The first-order valence-electron chi connectivity index (χ1n) is 14.9. The van der Waals surface area contributed by atoms with Crippen molar-refractivity contribution in [2.75, 3.05) is 13.2 Å². The first-order chi connectivity index (χ1) is 21.4. The highest BCUT2D eigenvalue weighted by molar-refractivity contribution is 6.46. The summed E-state index contributed by atoms with van der Waals surface area (Å²) in [6.07, 6.45) is 6.59. The Kier molecular flexibility index (Phi) is 8.36. The fourth-order valence-corrected chi connectivity index (χ4v) is 5.84.